The molecule has 1 aliphatic heterocycles. The Labute approximate surface area is 176 Å². The second kappa shape index (κ2) is 9.46. The fourth-order valence-electron chi connectivity index (χ4n) is 3.39. The van der Waals surface area contributed by atoms with Gasteiger partial charge in [-0.2, -0.15) is 5.10 Å². The van der Waals surface area contributed by atoms with Crippen LogP contribution in [-0.2, 0) is 34.1 Å². The topological polar surface area (TPSA) is 104 Å². The van der Waals surface area contributed by atoms with Gasteiger partial charge in [0.15, 0.2) is 9.84 Å². The summed E-state index contributed by atoms with van der Waals surface area (Å²) < 4.78 is 31.7. The maximum Gasteiger partial charge on any atom is 0.346 e. The molecule has 164 valence electrons. The highest BCUT2D eigenvalue weighted by atomic mass is 32.2. The number of nitrogens with zero attached hydrogens (tertiary/aromatic N) is 4. The summed E-state index contributed by atoms with van der Waals surface area (Å²) in [7, 11) is -1.61. The van der Waals surface area contributed by atoms with Crippen LogP contribution in [0.25, 0.3) is 0 Å². The summed E-state index contributed by atoms with van der Waals surface area (Å²) in [5.74, 6) is 1.04. The van der Waals surface area contributed by atoms with Crippen molar-refractivity contribution in [2.75, 3.05) is 26.5 Å². The van der Waals surface area contributed by atoms with Gasteiger partial charge in [0.05, 0.1) is 11.5 Å². The maximum absolute atomic E-state index is 12.5. The Morgan fingerprint density at radius 3 is 2.83 bits per heavy atom. The van der Waals surface area contributed by atoms with E-state index in [9.17, 15) is 18.0 Å². The molecule has 1 aromatic heterocycles. The van der Waals surface area contributed by atoms with Crippen LogP contribution in [0.15, 0.2) is 34.0 Å². The first-order valence-corrected chi connectivity index (χ1v) is 12.0. The zero-order valence-electron chi connectivity index (χ0n) is 17.4. The van der Waals surface area contributed by atoms with Crippen LogP contribution >= 0.6 is 0 Å². The van der Waals surface area contributed by atoms with E-state index in [1.54, 1.807) is 28.6 Å². The molecule has 1 aromatic carbocycles. The van der Waals surface area contributed by atoms with Gasteiger partial charge in [-0.15, -0.1) is 0 Å². The molecule has 0 saturated heterocycles. The van der Waals surface area contributed by atoms with Crippen LogP contribution < -0.4 is 10.4 Å². The monoisotopic (exact) mass is 436 g/mol. The lowest BCUT2D eigenvalue weighted by Gasteiger charge is -2.17. The normalized spacial score (nSPS) is 14.1. The van der Waals surface area contributed by atoms with Gasteiger partial charge in [0.1, 0.15) is 18.1 Å². The van der Waals surface area contributed by atoms with Crippen LogP contribution in [0.4, 0.5) is 0 Å². The first kappa shape index (κ1) is 22.1. The molecule has 0 N–H and O–H groups in total. The summed E-state index contributed by atoms with van der Waals surface area (Å²) in [5, 5.41) is 4.34. The molecule has 0 spiro atoms. The summed E-state index contributed by atoms with van der Waals surface area (Å²) >= 11 is 0. The second-order valence-electron chi connectivity index (χ2n) is 7.58. The fraction of sp³-hybridized carbons (Fsp3) is 0.550. The van der Waals surface area contributed by atoms with Crippen LogP contribution in [0, 0.1) is 0 Å². The number of aryl methyl sites for hydroxylation is 1. The molecule has 0 bridgehead atoms. The quantitative estimate of drug-likeness (QED) is 0.574. The number of likely N-dealkylation sites (N-methyl/N-ethyl adjacent to an activating group) is 1. The smallest absolute Gasteiger partial charge is 0.346 e. The number of fused-ring (bicyclic) bond motifs is 1. The van der Waals surface area contributed by atoms with Crippen LogP contribution in [0.5, 0.6) is 5.75 Å². The first-order chi connectivity index (χ1) is 14.3. The van der Waals surface area contributed by atoms with Crippen molar-refractivity contribution >= 4 is 15.7 Å². The largest absolute Gasteiger partial charge is 0.493 e. The number of hydrogen-bond donors (Lipinski definition) is 0. The van der Waals surface area contributed by atoms with E-state index in [1.807, 2.05) is 0 Å². The number of benzene rings is 1. The van der Waals surface area contributed by atoms with Gasteiger partial charge >= 0.3 is 5.69 Å². The van der Waals surface area contributed by atoms with Crippen molar-refractivity contribution in [1.82, 2.24) is 19.2 Å². The molecular weight excluding hydrogens is 408 g/mol. The van der Waals surface area contributed by atoms with Gasteiger partial charge in [-0.25, -0.2) is 17.9 Å². The van der Waals surface area contributed by atoms with E-state index in [-0.39, 0.29) is 23.0 Å². The minimum Gasteiger partial charge on any atom is -0.493 e. The highest BCUT2D eigenvalue weighted by Gasteiger charge is 2.18. The first-order valence-electron chi connectivity index (χ1n) is 10.1. The molecule has 2 heterocycles. The van der Waals surface area contributed by atoms with Crippen molar-refractivity contribution in [3.8, 4) is 5.75 Å². The van der Waals surface area contributed by atoms with Crippen LogP contribution in [0.1, 0.15) is 31.5 Å². The molecule has 1 amide bonds. The molecule has 9 nitrogen and oxygen atoms in total. The van der Waals surface area contributed by atoms with E-state index in [0.717, 1.165) is 37.8 Å². The SMILES string of the molecule is CN(CCCOc1cccc(S(C)(=O)=O)c1)C(=O)Cn1nc2n(c1=O)CCCCC2. The third kappa shape index (κ3) is 5.50. The number of carbonyl (C=O) groups excluding carboxylic acids is 1. The van der Waals surface area contributed by atoms with Crippen molar-refractivity contribution in [3.05, 3.63) is 40.6 Å². The van der Waals surface area contributed by atoms with E-state index in [2.05, 4.69) is 5.10 Å². The summed E-state index contributed by atoms with van der Waals surface area (Å²) in [6.45, 7) is 1.37. The van der Waals surface area contributed by atoms with E-state index in [0.29, 0.717) is 31.9 Å². The molecule has 0 atom stereocenters. The van der Waals surface area contributed by atoms with E-state index in [1.165, 1.54) is 16.8 Å². The number of hydrogen-bond acceptors (Lipinski definition) is 6. The zero-order chi connectivity index (χ0) is 21.7. The Hall–Kier alpha value is -2.62. The van der Waals surface area contributed by atoms with Crippen molar-refractivity contribution in [3.63, 3.8) is 0 Å². The zero-order valence-corrected chi connectivity index (χ0v) is 18.2. The van der Waals surface area contributed by atoms with Crippen molar-refractivity contribution < 1.29 is 17.9 Å². The molecular formula is C20H28N4O5S. The minimum absolute atomic E-state index is 0.0768. The number of rotatable bonds is 8. The third-order valence-electron chi connectivity index (χ3n) is 5.13. The number of sulfone groups is 1. The van der Waals surface area contributed by atoms with Crippen molar-refractivity contribution in [2.24, 2.45) is 0 Å². The molecule has 0 fully saturated rings. The minimum atomic E-state index is -3.29. The Morgan fingerprint density at radius 1 is 1.27 bits per heavy atom. The number of carbonyl (C=O) groups is 1. The van der Waals surface area contributed by atoms with Crippen LogP contribution in [0.3, 0.4) is 0 Å². The van der Waals surface area contributed by atoms with Crippen molar-refractivity contribution in [1.29, 1.82) is 0 Å². The van der Waals surface area contributed by atoms with Gasteiger partial charge in [0.25, 0.3) is 0 Å². The average molecular weight is 437 g/mol. The second-order valence-corrected chi connectivity index (χ2v) is 9.60. The highest BCUT2D eigenvalue weighted by Crippen LogP contribution is 2.17. The highest BCUT2D eigenvalue weighted by molar-refractivity contribution is 7.90. The number of amides is 1. The Balaban J connectivity index is 1.48. The summed E-state index contributed by atoms with van der Waals surface area (Å²) in [4.78, 5) is 26.7. The van der Waals surface area contributed by atoms with Gasteiger partial charge in [-0.1, -0.05) is 12.5 Å². The molecule has 0 radical (unpaired) electrons. The summed E-state index contributed by atoms with van der Waals surface area (Å²) in [6, 6.07) is 6.33. The molecule has 0 unspecified atom stereocenters. The van der Waals surface area contributed by atoms with Crippen LogP contribution in [-0.4, -0.2) is 60.0 Å². The standard InChI is InChI=1S/C20H28N4O5S/c1-22(11-7-13-29-16-8-6-9-17(14-16)30(2,27)28)19(25)15-24-20(26)23-12-5-3-4-10-18(23)21-24/h6,8-9,14H,3-5,7,10-13,15H2,1-2H3. The third-order valence-corrected chi connectivity index (χ3v) is 6.24. The Kier molecular flexibility index (Phi) is 6.96. The lowest BCUT2D eigenvalue weighted by Crippen LogP contribution is -2.36. The van der Waals surface area contributed by atoms with E-state index >= 15 is 0 Å². The molecule has 30 heavy (non-hydrogen) atoms. The van der Waals surface area contributed by atoms with Crippen molar-refractivity contribution in [2.45, 2.75) is 50.1 Å². The Morgan fingerprint density at radius 2 is 2.07 bits per heavy atom. The van der Waals surface area contributed by atoms with E-state index in [4.69, 9.17) is 4.74 Å². The molecule has 2 aromatic rings. The molecule has 0 saturated carbocycles. The van der Waals surface area contributed by atoms with Gasteiger partial charge in [0.2, 0.25) is 5.91 Å². The maximum atomic E-state index is 12.5. The van der Waals surface area contributed by atoms with Gasteiger partial charge in [0, 0.05) is 32.8 Å². The molecule has 0 aliphatic carbocycles. The molecule has 10 heteroatoms. The molecule has 1 aliphatic rings. The lowest BCUT2D eigenvalue weighted by molar-refractivity contribution is -0.130. The van der Waals surface area contributed by atoms with Gasteiger partial charge in [-0.05, 0) is 37.5 Å². The number of aromatic nitrogens is 3. The summed E-state index contributed by atoms with van der Waals surface area (Å²) in [5.41, 5.74) is -0.220. The van der Waals surface area contributed by atoms with Crippen LogP contribution in [0.2, 0.25) is 0 Å². The average Bonchev–Trinajstić information content (AvgIpc) is 2.86. The van der Waals surface area contributed by atoms with Gasteiger partial charge in [-0.3, -0.25) is 9.36 Å². The van der Waals surface area contributed by atoms with Gasteiger partial charge < -0.3 is 9.64 Å². The predicted molar refractivity (Wildman–Crippen MR) is 111 cm³/mol. The fourth-order valence-corrected chi connectivity index (χ4v) is 4.04. The Bertz CT molecular complexity index is 1060. The predicted octanol–water partition coefficient (Wildman–Crippen LogP) is 1.10. The lowest BCUT2D eigenvalue weighted by atomic mass is 10.2. The molecule has 3 rings (SSSR count). The summed E-state index contributed by atoms with van der Waals surface area (Å²) in [6.07, 6.45) is 5.54. The number of ether oxygens (including phenoxy) is 1. The van der Waals surface area contributed by atoms with E-state index < -0.39 is 9.84 Å².